The number of hydrogen-bond acceptors (Lipinski definition) is 12. The maximum atomic E-state index is 12.7. The van der Waals surface area contributed by atoms with E-state index in [1.165, 1.54) is 31.2 Å². The highest BCUT2D eigenvalue weighted by atomic mass is 16.7. The van der Waals surface area contributed by atoms with Gasteiger partial charge in [0.25, 0.3) is 0 Å². The monoisotopic (exact) mass is 540 g/mol. The number of aliphatic hydroxyl groups is 5. The molecule has 2 aliphatic heterocycles. The van der Waals surface area contributed by atoms with Gasteiger partial charge in [0.2, 0.25) is 18.6 Å². The van der Waals surface area contributed by atoms with Crippen molar-refractivity contribution in [3.05, 3.63) is 29.3 Å². The van der Waals surface area contributed by atoms with Gasteiger partial charge >= 0.3 is 0 Å². The molecule has 14 nitrogen and oxygen atoms in total. The smallest absolute Gasteiger partial charge is 0.247 e. The average Bonchev–Trinajstić information content (AvgIpc) is 3.48. The second-order valence-electron chi connectivity index (χ2n) is 9.55. The van der Waals surface area contributed by atoms with Crippen LogP contribution in [0.15, 0.2) is 23.8 Å². The number of carbonyl (C=O) groups excluding carboxylic acids is 2. The van der Waals surface area contributed by atoms with Crippen LogP contribution in [0.3, 0.4) is 0 Å². The van der Waals surface area contributed by atoms with Gasteiger partial charge in [-0.05, 0) is 37.6 Å². The van der Waals surface area contributed by atoms with Crippen molar-refractivity contribution in [3.63, 3.8) is 0 Å². The SMILES string of the molecule is C/C(=C\c1ccc(O[C@@H]2O[C@H](C(C)NC=O)[C@@H](O)[C@@H]2O)c(O)c1)C(=O)N[C@@H]1[C@H](O)[C@@H](O)[C@H]2OCO[C@H]2[C@@H]1O. The number of phenols is 1. The normalized spacial score (nSPS) is 37.8. The predicted octanol–water partition coefficient (Wildman–Crippen LogP) is -2.92. The molecule has 38 heavy (non-hydrogen) atoms. The third kappa shape index (κ3) is 5.48. The van der Waals surface area contributed by atoms with Gasteiger partial charge in [0.1, 0.15) is 55.6 Å². The van der Waals surface area contributed by atoms with Crippen molar-refractivity contribution in [1.29, 1.82) is 0 Å². The molecular weight excluding hydrogens is 508 g/mol. The van der Waals surface area contributed by atoms with E-state index in [2.05, 4.69) is 10.6 Å². The number of amides is 2. The molecule has 8 N–H and O–H groups in total. The number of aliphatic hydroxyl groups excluding tert-OH is 5. The van der Waals surface area contributed by atoms with Gasteiger partial charge in [0, 0.05) is 5.57 Å². The summed E-state index contributed by atoms with van der Waals surface area (Å²) in [4.78, 5) is 23.4. The van der Waals surface area contributed by atoms with Crippen molar-refractivity contribution < 1.29 is 59.2 Å². The van der Waals surface area contributed by atoms with Gasteiger partial charge < -0.3 is 60.2 Å². The highest BCUT2D eigenvalue weighted by molar-refractivity contribution is 5.97. The topological polar surface area (TPSA) is 216 Å². The molecule has 14 heteroatoms. The van der Waals surface area contributed by atoms with Crippen LogP contribution >= 0.6 is 0 Å². The van der Waals surface area contributed by atoms with E-state index in [1.807, 2.05) is 0 Å². The number of hydrogen-bond donors (Lipinski definition) is 8. The van der Waals surface area contributed by atoms with Crippen molar-refractivity contribution in [2.24, 2.45) is 0 Å². The average molecular weight is 541 g/mol. The van der Waals surface area contributed by atoms with Crippen molar-refractivity contribution in [2.75, 3.05) is 6.79 Å². The van der Waals surface area contributed by atoms with E-state index in [4.69, 9.17) is 18.9 Å². The molecule has 2 amide bonds. The Labute approximate surface area is 217 Å². The summed E-state index contributed by atoms with van der Waals surface area (Å²) in [5, 5.41) is 67.0. The number of ether oxygens (including phenoxy) is 4. The Morgan fingerprint density at radius 1 is 1.05 bits per heavy atom. The zero-order valence-corrected chi connectivity index (χ0v) is 20.6. The first kappa shape index (κ1) is 28.2. The van der Waals surface area contributed by atoms with Gasteiger partial charge in [0.15, 0.2) is 11.5 Å². The van der Waals surface area contributed by atoms with E-state index in [-0.39, 0.29) is 23.9 Å². The molecule has 0 spiro atoms. The standard InChI is InChI=1S/C24H32N2O12/c1-9(23(34)26-14-15(29)17(31)22-21(16(14)30)35-8-36-22)5-11-3-4-13(12(28)6-11)37-24-19(33)18(32)20(38-24)10(2)25-7-27/h3-7,10,14-22,24,28-33H,8H2,1-2H3,(H,25,27)(H,26,34)/b9-5+/t10?,14-,15+,16-,17-,18+,19+,20-,21+,22-,24-/m1/s1. The van der Waals surface area contributed by atoms with Crippen LogP contribution in [-0.2, 0) is 23.8 Å². The summed E-state index contributed by atoms with van der Waals surface area (Å²) < 4.78 is 21.5. The van der Waals surface area contributed by atoms with Gasteiger partial charge in [-0.1, -0.05) is 6.07 Å². The summed E-state index contributed by atoms with van der Waals surface area (Å²) in [5.41, 5.74) is 0.560. The molecule has 2 saturated heterocycles. The number of carbonyl (C=O) groups is 2. The number of fused-ring (bicyclic) bond motifs is 1. The molecule has 1 aromatic carbocycles. The van der Waals surface area contributed by atoms with Gasteiger partial charge in [-0.15, -0.1) is 0 Å². The van der Waals surface area contributed by atoms with Crippen LogP contribution in [0, 0.1) is 0 Å². The number of benzene rings is 1. The summed E-state index contributed by atoms with van der Waals surface area (Å²) in [6.45, 7) is 2.91. The fraction of sp³-hybridized carbons (Fsp3) is 0.583. The highest BCUT2D eigenvalue weighted by Crippen LogP contribution is 2.33. The van der Waals surface area contributed by atoms with Crippen LogP contribution in [0.4, 0.5) is 0 Å². The molecule has 2 heterocycles. The zero-order chi connectivity index (χ0) is 27.7. The van der Waals surface area contributed by atoms with Crippen LogP contribution in [0.25, 0.3) is 6.08 Å². The van der Waals surface area contributed by atoms with Crippen LogP contribution in [0.5, 0.6) is 11.5 Å². The molecule has 1 aliphatic carbocycles. The second-order valence-corrected chi connectivity index (χ2v) is 9.55. The molecule has 0 radical (unpaired) electrons. The van der Waals surface area contributed by atoms with E-state index < -0.39 is 73.1 Å². The minimum Gasteiger partial charge on any atom is -0.504 e. The number of rotatable bonds is 8. The number of phenolic OH excluding ortho intramolecular Hbond substituents is 1. The summed E-state index contributed by atoms with van der Waals surface area (Å²) in [5.74, 6) is -1.04. The molecule has 0 aromatic heterocycles. The van der Waals surface area contributed by atoms with Crippen molar-refractivity contribution in [3.8, 4) is 11.5 Å². The van der Waals surface area contributed by atoms with Gasteiger partial charge in [0.05, 0.1) is 12.1 Å². The number of aromatic hydroxyl groups is 1. The Morgan fingerprint density at radius 3 is 2.39 bits per heavy atom. The first-order valence-electron chi connectivity index (χ1n) is 12.0. The lowest BCUT2D eigenvalue weighted by molar-refractivity contribution is -0.155. The van der Waals surface area contributed by atoms with E-state index in [0.717, 1.165) is 0 Å². The molecule has 0 bridgehead atoms. The van der Waals surface area contributed by atoms with Crippen molar-refractivity contribution in [2.45, 2.75) is 81.1 Å². The first-order valence-corrected chi connectivity index (χ1v) is 12.0. The van der Waals surface area contributed by atoms with E-state index in [1.54, 1.807) is 6.92 Å². The van der Waals surface area contributed by atoms with E-state index >= 15 is 0 Å². The molecule has 1 saturated carbocycles. The van der Waals surface area contributed by atoms with Crippen LogP contribution < -0.4 is 15.4 Å². The van der Waals surface area contributed by atoms with Crippen LogP contribution in [-0.4, -0.2) is 117 Å². The van der Waals surface area contributed by atoms with Crippen LogP contribution in [0.2, 0.25) is 0 Å². The Kier molecular flexibility index (Phi) is 8.54. The number of nitrogens with one attached hydrogen (secondary N) is 2. The maximum absolute atomic E-state index is 12.7. The Bertz CT molecular complexity index is 1050. The Hall–Kier alpha value is -2.82. The summed E-state index contributed by atoms with van der Waals surface area (Å²) in [7, 11) is 0. The lowest BCUT2D eigenvalue weighted by Gasteiger charge is -2.41. The molecular formula is C24H32N2O12. The van der Waals surface area contributed by atoms with Gasteiger partial charge in [-0.2, -0.15) is 0 Å². The van der Waals surface area contributed by atoms with Gasteiger partial charge in [-0.25, -0.2) is 0 Å². The summed E-state index contributed by atoms with van der Waals surface area (Å²) in [6.07, 6.45) is -9.15. The fourth-order valence-corrected chi connectivity index (χ4v) is 4.77. The molecule has 1 aromatic rings. The highest BCUT2D eigenvalue weighted by Gasteiger charge is 2.53. The molecule has 3 aliphatic rings. The molecule has 4 rings (SSSR count). The van der Waals surface area contributed by atoms with Gasteiger partial charge in [-0.3, -0.25) is 9.59 Å². The third-order valence-electron chi connectivity index (χ3n) is 6.95. The maximum Gasteiger partial charge on any atom is 0.247 e. The molecule has 11 atom stereocenters. The fourth-order valence-electron chi connectivity index (χ4n) is 4.77. The molecule has 1 unspecified atom stereocenters. The minimum atomic E-state index is -1.49. The van der Waals surface area contributed by atoms with E-state index in [9.17, 15) is 40.2 Å². The Balaban J connectivity index is 1.40. The predicted molar refractivity (Wildman–Crippen MR) is 126 cm³/mol. The van der Waals surface area contributed by atoms with Crippen molar-refractivity contribution in [1.82, 2.24) is 10.6 Å². The lowest BCUT2D eigenvalue weighted by atomic mass is 9.83. The summed E-state index contributed by atoms with van der Waals surface area (Å²) >= 11 is 0. The molecule has 3 fully saturated rings. The largest absolute Gasteiger partial charge is 0.504 e. The minimum absolute atomic E-state index is 0.0621. The first-order chi connectivity index (χ1) is 18.0. The second kappa shape index (κ2) is 11.5. The summed E-state index contributed by atoms with van der Waals surface area (Å²) in [6, 6.07) is 2.35. The van der Waals surface area contributed by atoms with E-state index in [0.29, 0.717) is 12.0 Å². The molecule has 210 valence electrons. The Morgan fingerprint density at radius 2 is 1.74 bits per heavy atom. The lowest BCUT2D eigenvalue weighted by Crippen LogP contribution is -2.67. The van der Waals surface area contributed by atoms with Crippen molar-refractivity contribution >= 4 is 18.4 Å². The third-order valence-corrected chi connectivity index (χ3v) is 6.95. The van der Waals surface area contributed by atoms with Crippen LogP contribution in [0.1, 0.15) is 19.4 Å². The zero-order valence-electron chi connectivity index (χ0n) is 20.6. The quantitative estimate of drug-likeness (QED) is 0.123.